The zero-order chi connectivity index (χ0) is 21.7. The Bertz CT molecular complexity index is 849. The number of likely N-dealkylation sites (N-methyl/N-ethyl adjacent to an activating group) is 1. The summed E-state index contributed by atoms with van der Waals surface area (Å²) < 4.78 is 6.83. The minimum Gasteiger partial charge on any atom is -0.457 e. The van der Waals surface area contributed by atoms with E-state index in [1.807, 2.05) is 30.3 Å². The molecule has 0 spiro atoms. The lowest BCUT2D eigenvalue weighted by atomic mass is 9.80. The molecule has 3 atom stereocenters. The number of aliphatic hydroxyl groups is 1. The monoisotopic (exact) mass is 422 g/mol. The van der Waals surface area contributed by atoms with Crippen LogP contribution in [0.15, 0.2) is 60.7 Å². The van der Waals surface area contributed by atoms with E-state index in [0.29, 0.717) is 12.2 Å². The molecule has 1 N–H and O–H groups in total. The summed E-state index contributed by atoms with van der Waals surface area (Å²) in [4.78, 5) is 13.3. The van der Waals surface area contributed by atoms with Gasteiger partial charge in [-0.1, -0.05) is 73.5 Å². The zero-order valence-electron chi connectivity index (χ0n) is 18.7. The molecule has 4 heteroatoms. The van der Waals surface area contributed by atoms with E-state index in [4.69, 9.17) is 4.74 Å². The third kappa shape index (κ3) is 4.70. The van der Waals surface area contributed by atoms with E-state index < -0.39 is 11.6 Å². The molecule has 2 aromatic rings. The molecule has 4 nitrogen and oxygen atoms in total. The molecule has 1 saturated carbocycles. The standard InChI is InChI=1S/C27H36NO3/c1-28(20-18-22-11-4-2-5-12-22)19-10-17-25(28)21-31-26(29)27(30,24-15-8-9-16-24)23-13-6-3-7-14-23/h2-7,11-14,24-25,30H,8-10,15-21H2,1H3/q+1. The lowest BCUT2D eigenvalue weighted by Gasteiger charge is -2.37. The number of ether oxygens (including phenoxy) is 1. The summed E-state index contributed by atoms with van der Waals surface area (Å²) >= 11 is 0. The van der Waals surface area contributed by atoms with E-state index in [0.717, 1.165) is 62.5 Å². The number of rotatable bonds is 8. The normalized spacial score (nSPS) is 25.9. The van der Waals surface area contributed by atoms with Gasteiger partial charge in [-0.2, -0.15) is 0 Å². The average Bonchev–Trinajstić information content (AvgIpc) is 3.48. The van der Waals surface area contributed by atoms with Crippen molar-refractivity contribution in [2.75, 3.05) is 26.7 Å². The van der Waals surface area contributed by atoms with Crippen LogP contribution < -0.4 is 0 Å². The number of hydrogen-bond acceptors (Lipinski definition) is 3. The highest BCUT2D eigenvalue weighted by Crippen LogP contribution is 2.41. The summed E-state index contributed by atoms with van der Waals surface area (Å²) in [7, 11) is 2.29. The molecule has 0 radical (unpaired) electrons. The molecule has 0 bridgehead atoms. The molecule has 2 aliphatic rings. The van der Waals surface area contributed by atoms with Crippen LogP contribution in [0.25, 0.3) is 0 Å². The molecule has 31 heavy (non-hydrogen) atoms. The SMILES string of the molecule is C[N+]1(CCc2ccccc2)CCCC1COC(=O)C(O)(c1ccccc1)C1CCCC1. The van der Waals surface area contributed by atoms with Gasteiger partial charge in [0, 0.05) is 25.2 Å². The maximum absolute atomic E-state index is 13.3. The van der Waals surface area contributed by atoms with Crippen LogP contribution in [0, 0.1) is 5.92 Å². The predicted molar refractivity (Wildman–Crippen MR) is 122 cm³/mol. The van der Waals surface area contributed by atoms with Gasteiger partial charge in [0.2, 0.25) is 0 Å². The molecule has 0 aromatic heterocycles. The van der Waals surface area contributed by atoms with Crippen LogP contribution in [0.2, 0.25) is 0 Å². The van der Waals surface area contributed by atoms with E-state index in [1.165, 1.54) is 5.56 Å². The molecule has 4 rings (SSSR count). The fourth-order valence-corrected chi connectivity index (χ4v) is 5.61. The summed E-state index contributed by atoms with van der Waals surface area (Å²) in [6.07, 6.45) is 7.10. The van der Waals surface area contributed by atoms with Gasteiger partial charge in [0.1, 0.15) is 12.6 Å². The third-order valence-electron chi connectivity index (χ3n) is 7.72. The Morgan fingerprint density at radius 2 is 1.65 bits per heavy atom. The second-order valence-electron chi connectivity index (χ2n) is 9.67. The topological polar surface area (TPSA) is 46.5 Å². The maximum Gasteiger partial charge on any atom is 0.343 e. The van der Waals surface area contributed by atoms with Crippen molar-refractivity contribution in [1.29, 1.82) is 0 Å². The summed E-state index contributed by atoms with van der Waals surface area (Å²) in [6.45, 7) is 2.53. The fraction of sp³-hybridized carbons (Fsp3) is 0.519. The Labute approximate surface area is 186 Å². The highest BCUT2D eigenvalue weighted by atomic mass is 16.6. The molecule has 0 amide bonds. The van der Waals surface area contributed by atoms with Crippen LogP contribution in [0.5, 0.6) is 0 Å². The van der Waals surface area contributed by atoms with Crippen molar-refractivity contribution in [2.45, 2.75) is 56.6 Å². The van der Waals surface area contributed by atoms with Gasteiger partial charge in [-0.25, -0.2) is 4.79 Å². The average molecular weight is 423 g/mol. The van der Waals surface area contributed by atoms with Gasteiger partial charge in [-0.3, -0.25) is 0 Å². The summed E-state index contributed by atoms with van der Waals surface area (Å²) in [5.41, 5.74) is 0.480. The first-order chi connectivity index (χ1) is 15.0. The van der Waals surface area contributed by atoms with Crippen LogP contribution in [0.3, 0.4) is 0 Å². The van der Waals surface area contributed by atoms with Gasteiger partial charge in [0.25, 0.3) is 0 Å². The molecule has 2 aromatic carbocycles. The maximum atomic E-state index is 13.3. The quantitative estimate of drug-likeness (QED) is 0.505. The smallest absolute Gasteiger partial charge is 0.343 e. The van der Waals surface area contributed by atoms with Gasteiger partial charge in [-0.15, -0.1) is 0 Å². The van der Waals surface area contributed by atoms with Crippen LogP contribution in [-0.2, 0) is 21.6 Å². The molecular weight excluding hydrogens is 386 g/mol. The van der Waals surface area contributed by atoms with Crippen molar-refractivity contribution >= 4 is 5.97 Å². The molecule has 3 unspecified atom stereocenters. The number of likely N-dealkylation sites (tertiary alicyclic amines) is 1. The highest BCUT2D eigenvalue weighted by molar-refractivity contribution is 5.81. The number of esters is 1. The molecule has 1 saturated heterocycles. The lowest BCUT2D eigenvalue weighted by molar-refractivity contribution is -0.921. The van der Waals surface area contributed by atoms with Crippen molar-refractivity contribution in [3.63, 3.8) is 0 Å². The summed E-state index contributed by atoms with van der Waals surface area (Å²) in [5, 5.41) is 11.6. The molecule has 2 fully saturated rings. The van der Waals surface area contributed by atoms with E-state index >= 15 is 0 Å². The van der Waals surface area contributed by atoms with E-state index in [-0.39, 0.29) is 12.0 Å². The van der Waals surface area contributed by atoms with Crippen LogP contribution in [0.1, 0.15) is 49.7 Å². The summed E-state index contributed by atoms with van der Waals surface area (Å²) in [5.74, 6) is -0.531. The first kappa shape index (κ1) is 22.0. The zero-order valence-corrected chi connectivity index (χ0v) is 18.7. The second kappa shape index (κ2) is 9.54. The molecule has 1 aliphatic heterocycles. The number of benzene rings is 2. The van der Waals surface area contributed by atoms with Gasteiger partial charge in [0.15, 0.2) is 5.60 Å². The van der Waals surface area contributed by atoms with Crippen molar-refractivity contribution in [3.8, 4) is 0 Å². The van der Waals surface area contributed by atoms with Gasteiger partial charge in [0.05, 0.1) is 20.1 Å². The third-order valence-corrected chi connectivity index (χ3v) is 7.72. The number of carbonyl (C=O) groups excluding carboxylic acids is 1. The minimum atomic E-state index is -1.54. The number of hydrogen-bond donors (Lipinski definition) is 1. The lowest BCUT2D eigenvalue weighted by Crippen LogP contribution is -2.52. The van der Waals surface area contributed by atoms with Crippen molar-refractivity contribution in [1.82, 2.24) is 0 Å². The Hall–Kier alpha value is -2.17. The van der Waals surface area contributed by atoms with E-state index in [1.54, 1.807) is 0 Å². The van der Waals surface area contributed by atoms with Crippen LogP contribution in [0.4, 0.5) is 0 Å². The molecule has 1 aliphatic carbocycles. The Morgan fingerprint density at radius 3 is 2.32 bits per heavy atom. The Kier molecular flexibility index (Phi) is 6.78. The molecular formula is C27H36NO3+. The van der Waals surface area contributed by atoms with Crippen molar-refractivity contribution in [3.05, 3.63) is 71.8 Å². The summed E-state index contributed by atoms with van der Waals surface area (Å²) in [6, 6.07) is 20.3. The van der Waals surface area contributed by atoms with Crippen molar-refractivity contribution in [2.24, 2.45) is 5.92 Å². The fourth-order valence-electron chi connectivity index (χ4n) is 5.61. The second-order valence-corrected chi connectivity index (χ2v) is 9.67. The molecule has 1 heterocycles. The van der Waals surface area contributed by atoms with Crippen LogP contribution in [-0.4, -0.2) is 48.3 Å². The van der Waals surface area contributed by atoms with Gasteiger partial charge >= 0.3 is 5.97 Å². The Balaban J connectivity index is 1.43. The number of nitrogens with zero attached hydrogens (tertiary/aromatic N) is 1. The Morgan fingerprint density at radius 1 is 1.00 bits per heavy atom. The predicted octanol–water partition coefficient (Wildman–Crippen LogP) is 4.46. The van der Waals surface area contributed by atoms with E-state index in [9.17, 15) is 9.90 Å². The highest BCUT2D eigenvalue weighted by Gasteiger charge is 2.48. The van der Waals surface area contributed by atoms with Crippen molar-refractivity contribution < 1.29 is 19.1 Å². The first-order valence-corrected chi connectivity index (χ1v) is 11.9. The van der Waals surface area contributed by atoms with E-state index in [2.05, 4.69) is 37.4 Å². The number of quaternary nitrogens is 1. The first-order valence-electron chi connectivity index (χ1n) is 11.9. The van der Waals surface area contributed by atoms with Gasteiger partial charge in [-0.05, 0) is 24.0 Å². The largest absolute Gasteiger partial charge is 0.457 e. The van der Waals surface area contributed by atoms with Crippen LogP contribution >= 0.6 is 0 Å². The minimum absolute atomic E-state index is 0.0649. The van der Waals surface area contributed by atoms with Gasteiger partial charge < -0.3 is 14.3 Å². The molecule has 166 valence electrons. The number of carbonyl (C=O) groups is 1.